The van der Waals surface area contributed by atoms with E-state index < -0.39 is 0 Å². The van der Waals surface area contributed by atoms with Gasteiger partial charge in [0.15, 0.2) is 0 Å². The van der Waals surface area contributed by atoms with Gasteiger partial charge in [0.05, 0.1) is 6.04 Å². The summed E-state index contributed by atoms with van der Waals surface area (Å²) >= 11 is 0. The van der Waals surface area contributed by atoms with Gasteiger partial charge >= 0.3 is 0 Å². The first-order valence-electron chi connectivity index (χ1n) is 8.55. The van der Waals surface area contributed by atoms with Crippen LogP contribution in [0.2, 0.25) is 0 Å². The van der Waals surface area contributed by atoms with Crippen LogP contribution in [0.15, 0.2) is 24.3 Å². The van der Waals surface area contributed by atoms with E-state index in [0.29, 0.717) is 6.04 Å². The summed E-state index contributed by atoms with van der Waals surface area (Å²) < 4.78 is 0. The summed E-state index contributed by atoms with van der Waals surface area (Å²) in [6.45, 7) is 11.3. The predicted octanol–water partition coefficient (Wildman–Crippen LogP) is 3.40. The molecular weight excluding hydrogens is 268 g/mol. The Morgan fingerprint density at radius 1 is 1.00 bits per heavy atom. The summed E-state index contributed by atoms with van der Waals surface area (Å²) in [6, 6.07) is 8.95. The normalized spacial score (nSPS) is 18.0. The zero-order valence-electron chi connectivity index (χ0n) is 14.6. The first-order valence-corrected chi connectivity index (χ1v) is 8.55. The van der Waals surface area contributed by atoms with Crippen LogP contribution in [0.25, 0.3) is 0 Å². The number of rotatable bonds is 4. The summed E-state index contributed by atoms with van der Waals surface area (Å²) in [6.07, 6.45) is 2.43. The minimum absolute atomic E-state index is 0.400. The molecule has 0 radical (unpaired) electrons. The maximum atomic E-state index is 3.55. The van der Waals surface area contributed by atoms with Gasteiger partial charge in [0.2, 0.25) is 0 Å². The molecule has 1 atom stereocenters. The maximum Gasteiger partial charge on any atom is 0.0719 e. The van der Waals surface area contributed by atoms with Crippen LogP contribution in [-0.4, -0.2) is 49.1 Å². The third-order valence-corrected chi connectivity index (χ3v) is 4.43. The number of benzene rings is 1. The molecule has 0 bridgehead atoms. The van der Waals surface area contributed by atoms with Gasteiger partial charge in [-0.1, -0.05) is 43.4 Å². The highest BCUT2D eigenvalue weighted by Crippen LogP contribution is 2.14. The van der Waals surface area contributed by atoms with Crippen LogP contribution in [-0.2, 0) is 0 Å². The topological polar surface area (TPSA) is 6.48 Å². The van der Waals surface area contributed by atoms with Crippen molar-refractivity contribution in [3.63, 3.8) is 0 Å². The van der Waals surface area contributed by atoms with E-state index >= 15 is 0 Å². The Bertz CT molecular complexity index is 499. The van der Waals surface area contributed by atoms with Gasteiger partial charge in [0.1, 0.15) is 0 Å². The monoisotopic (exact) mass is 298 g/mol. The first kappa shape index (κ1) is 17.1. The van der Waals surface area contributed by atoms with Crippen molar-refractivity contribution in [2.45, 2.75) is 39.7 Å². The van der Waals surface area contributed by atoms with Crippen molar-refractivity contribution >= 4 is 0 Å². The van der Waals surface area contributed by atoms with E-state index in [1.54, 1.807) is 0 Å². The highest BCUT2D eigenvalue weighted by atomic mass is 15.3. The molecule has 0 aliphatic carbocycles. The SMILES string of the molecule is Cc1ccc(C#CC(CCC(C)C)N2CCN(C)CC2)cc1. The van der Waals surface area contributed by atoms with Gasteiger partial charge in [-0.05, 0) is 44.9 Å². The zero-order chi connectivity index (χ0) is 15.9. The Balaban J connectivity index is 2.05. The number of hydrogen-bond donors (Lipinski definition) is 0. The van der Waals surface area contributed by atoms with Crippen LogP contribution in [0.3, 0.4) is 0 Å². The summed E-state index contributed by atoms with van der Waals surface area (Å²) in [4.78, 5) is 4.98. The number of hydrogen-bond acceptors (Lipinski definition) is 2. The fraction of sp³-hybridized carbons (Fsp3) is 0.600. The molecule has 1 aromatic rings. The highest BCUT2D eigenvalue weighted by molar-refractivity contribution is 5.36. The summed E-state index contributed by atoms with van der Waals surface area (Å²) in [5.41, 5.74) is 2.43. The van der Waals surface area contributed by atoms with Crippen molar-refractivity contribution in [1.82, 2.24) is 9.80 Å². The molecule has 1 aliphatic rings. The summed E-state index contributed by atoms with van der Waals surface area (Å²) in [5, 5.41) is 0. The lowest BCUT2D eigenvalue weighted by Crippen LogP contribution is -2.48. The molecule has 0 aromatic heterocycles. The van der Waals surface area contributed by atoms with Crippen molar-refractivity contribution in [2.75, 3.05) is 33.2 Å². The Kier molecular flexibility index (Phi) is 6.49. The van der Waals surface area contributed by atoms with Gasteiger partial charge in [-0.25, -0.2) is 0 Å². The highest BCUT2D eigenvalue weighted by Gasteiger charge is 2.20. The largest absolute Gasteiger partial charge is 0.304 e. The van der Waals surface area contributed by atoms with Crippen LogP contribution in [0.5, 0.6) is 0 Å². The molecule has 22 heavy (non-hydrogen) atoms. The molecule has 1 aromatic carbocycles. The van der Waals surface area contributed by atoms with Gasteiger partial charge < -0.3 is 4.90 Å². The lowest BCUT2D eigenvalue weighted by Gasteiger charge is -2.36. The van der Waals surface area contributed by atoms with Crippen LogP contribution in [0.1, 0.15) is 37.8 Å². The Hall–Kier alpha value is -1.30. The average Bonchev–Trinajstić information content (AvgIpc) is 2.50. The summed E-state index contributed by atoms with van der Waals surface area (Å²) in [5.74, 6) is 7.70. The molecule has 2 nitrogen and oxygen atoms in total. The molecule has 1 saturated heterocycles. The van der Waals surface area contributed by atoms with Crippen molar-refractivity contribution in [2.24, 2.45) is 5.92 Å². The summed E-state index contributed by atoms with van der Waals surface area (Å²) in [7, 11) is 2.21. The van der Waals surface area contributed by atoms with Gasteiger partial charge in [0, 0.05) is 31.7 Å². The quantitative estimate of drug-likeness (QED) is 0.786. The lowest BCUT2D eigenvalue weighted by molar-refractivity contribution is 0.127. The molecule has 0 amide bonds. The smallest absolute Gasteiger partial charge is 0.0719 e. The predicted molar refractivity (Wildman–Crippen MR) is 95.0 cm³/mol. The Labute approximate surface area is 136 Å². The van der Waals surface area contributed by atoms with Gasteiger partial charge in [-0.15, -0.1) is 0 Å². The fourth-order valence-electron chi connectivity index (χ4n) is 2.77. The second-order valence-corrected chi connectivity index (χ2v) is 6.96. The third kappa shape index (κ3) is 5.48. The molecular formula is C20H30N2. The third-order valence-electron chi connectivity index (χ3n) is 4.43. The second kappa shape index (κ2) is 8.36. The standard InChI is InChI=1S/C20H30N2/c1-17(2)5-11-20(22-15-13-21(4)14-16-22)12-10-19-8-6-18(3)7-9-19/h6-9,17,20H,5,11,13-16H2,1-4H3. The molecule has 1 unspecified atom stereocenters. The van der Waals surface area contributed by atoms with E-state index in [-0.39, 0.29) is 0 Å². The van der Waals surface area contributed by atoms with Crippen molar-refractivity contribution in [1.29, 1.82) is 0 Å². The molecule has 2 rings (SSSR count). The molecule has 0 saturated carbocycles. The van der Waals surface area contributed by atoms with E-state index in [9.17, 15) is 0 Å². The van der Waals surface area contributed by atoms with Crippen LogP contribution < -0.4 is 0 Å². The van der Waals surface area contributed by atoms with E-state index in [2.05, 4.69) is 73.7 Å². The van der Waals surface area contributed by atoms with Crippen molar-refractivity contribution < 1.29 is 0 Å². The molecule has 0 N–H and O–H groups in total. The Morgan fingerprint density at radius 2 is 1.64 bits per heavy atom. The number of nitrogens with zero attached hydrogens (tertiary/aromatic N) is 2. The van der Waals surface area contributed by atoms with Crippen molar-refractivity contribution in [3.8, 4) is 11.8 Å². The van der Waals surface area contributed by atoms with Crippen LogP contribution in [0, 0.1) is 24.7 Å². The van der Waals surface area contributed by atoms with E-state index in [1.807, 2.05) is 0 Å². The van der Waals surface area contributed by atoms with Crippen LogP contribution >= 0.6 is 0 Å². The molecule has 1 fully saturated rings. The molecule has 1 heterocycles. The fourth-order valence-corrected chi connectivity index (χ4v) is 2.77. The van der Waals surface area contributed by atoms with E-state index in [4.69, 9.17) is 0 Å². The lowest BCUT2D eigenvalue weighted by atomic mass is 10.0. The van der Waals surface area contributed by atoms with Crippen LogP contribution in [0.4, 0.5) is 0 Å². The Morgan fingerprint density at radius 3 is 2.23 bits per heavy atom. The van der Waals surface area contributed by atoms with Gasteiger partial charge in [-0.3, -0.25) is 4.90 Å². The van der Waals surface area contributed by atoms with Crippen molar-refractivity contribution in [3.05, 3.63) is 35.4 Å². The number of aryl methyl sites for hydroxylation is 1. The first-order chi connectivity index (χ1) is 10.5. The molecule has 2 heteroatoms. The molecule has 0 spiro atoms. The van der Waals surface area contributed by atoms with E-state index in [1.165, 1.54) is 18.4 Å². The van der Waals surface area contributed by atoms with Gasteiger partial charge in [-0.2, -0.15) is 0 Å². The molecule has 120 valence electrons. The second-order valence-electron chi connectivity index (χ2n) is 6.96. The number of likely N-dealkylation sites (N-methyl/N-ethyl adjacent to an activating group) is 1. The average molecular weight is 298 g/mol. The maximum absolute atomic E-state index is 3.55. The van der Waals surface area contributed by atoms with E-state index in [0.717, 1.165) is 37.7 Å². The van der Waals surface area contributed by atoms with Gasteiger partial charge in [0.25, 0.3) is 0 Å². The zero-order valence-corrected chi connectivity index (χ0v) is 14.6. The minimum Gasteiger partial charge on any atom is -0.304 e. The number of piperazine rings is 1. The minimum atomic E-state index is 0.400. The molecule has 1 aliphatic heterocycles.